The van der Waals surface area contributed by atoms with Crippen molar-refractivity contribution in [2.45, 2.75) is 45.4 Å². The first-order chi connectivity index (χ1) is 11.6. The molecular weight excluding hydrogens is 300 g/mol. The highest BCUT2D eigenvalue weighted by Gasteiger charge is 2.21. The molecule has 3 rings (SSSR count). The number of para-hydroxylation sites is 2. The van der Waals surface area contributed by atoms with Crippen LogP contribution in [-0.2, 0) is 18.3 Å². The van der Waals surface area contributed by atoms with Crippen LogP contribution in [0.5, 0.6) is 0 Å². The first kappa shape index (κ1) is 17.4. The zero-order chi connectivity index (χ0) is 16.9. The summed E-state index contributed by atoms with van der Waals surface area (Å²) in [5.74, 6) is 1.10. The lowest BCUT2D eigenvalue weighted by atomic mass is 10.2. The van der Waals surface area contributed by atoms with Crippen LogP contribution in [0.25, 0.3) is 11.0 Å². The fraction of sp³-hybridized carbons (Fsp3) is 0.632. The lowest BCUT2D eigenvalue weighted by molar-refractivity contribution is -0.0681. The summed E-state index contributed by atoms with van der Waals surface area (Å²) < 4.78 is 7.96. The van der Waals surface area contributed by atoms with E-state index in [2.05, 4.69) is 53.9 Å². The van der Waals surface area contributed by atoms with E-state index < -0.39 is 0 Å². The molecule has 1 aromatic heterocycles. The van der Waals surface area contributed by atoms with Crippen LogP contribution in [-0.4, -0.2) is 52.8 Å². The number of aromatic nitrogens is 2. The van der Waals surface area contributed by atoms with Crippen molar-refractivity contribution < 1.29 is 4.74 Å². The molecule has 2 unspecified atom stereocenters. The fourth-order valence-corrected chi connectivity index (χ4v) is 3.61. The van der Waals surface area contributed by atoms with Gasteiger partial charge in [0.15, 0.2) is 0 Å². The van der Waals surface area contributed by atoms with Gasteiger partial charge in [0.25, 0.3) is 0 Å². The number of nitrogens with one attached hydrogen (secondary N) is 1. The number of aryl methyl sites for hydroxylation is 1. The molecule has 5 heteroatoms. The lowest BCUT2D eigenvalue weighted by Crippen LogP contribution is -2.45. The average Bonchev–Trinajstić information content (AvgIpc) is 2.86. The minimum absolute atomic E-state index is 0.365. The number of unbranched alkanes of at least 4 members (excludes halogenated alkanes) is 1. The minimum Gasteiger partial charge on any atom is -0.373 e. The molecule has 0 saturated carbocycles. The summed E-state index contributed by atoms with van der Waals surface area (Å²) in [5.41, 5.74) is 2.28. The number of ether oxygens (including phenoxy) is 1. The number of benzene rings is 1. The van der Waals surface area contributed by atoms with Gasteiger partial charge in [-0.05, 0) is 51.9 Å². The average molecular weight is 330 g/mol. The maximum absolute atomic E-state index is 5.78. The zero-order valence-electron chi connectivity index (χ0n) is 15.2. The lowest BCUT2D eigenvalue weighted by Gasteiger charge is -2.35. The summed E-state index contributed by atoms with van der Waals surface area (Å²) in [6.07, 6.45) is 3.16. The normalized spacial score (nSPS) is 22.3. The predicted octanol–water partition coefficient (Wildman–Crippen LogP) is 2.55. The Hall–Kier alpha value is -1.43. The predicted molar refractivity (Wildman–Crippen MR) is 98.1 cm³/mol. The van der Waals surface area contributed by atoms with E-state index in [-0.39, 0.29) is 0 Å². The van der Waals surface area contributed by atoms with Gasteiger partial charge in [0.05, 0.1) is 29.8 Å². The second-order valence-corrected chi connectivity index (χ2v) is 6.98. The number of rotatable bonds is 7. The Labute approximate surface area is 145 Å². The Bertz CT molecular complexity index is 644. The van der Waals surface area contributed by atoms with Crippen molar-refractivity contribution in [1.29, 1.82) is 0 Å². The highest BCUT2D eigenvalue weighted by Crippen LogP contribution is 2.14. The molecule has 1 N–H and O–H groups in total. The van der Waals surface area contributed by atoms with E-state index in [1.54, 1.807) is 0 Å². The van der Waals surface area contributed by atoms with Crippen molar-refractivity contribution in [3.63, 3.8) is 0 Å². The molecule has 2 aromatic rings. The van der Waals surface area contributed by atoms with Gasteiger partial charge >= 0.3 is 0 Å². The number of nitrogens with zero attached hydrogens (tertiary/aromatic N) is 3. The SMILES string of the molecule is CC1CN(CCCCNCc2nc3ccccc3n2C)CC(C)O1. The standard InChI is InChI=1S/C19H30N4O/c1-15-13-23(14-16(2)24-15)11-7-6-10-20-12-19-21-17-8-4-5-9-18(17)22(19)3/h4-5,8-9,15-16,20H,6-7,10-14H2,1-3H3. The van der Waals surface area contributed by atoms with Crippen LogP contribution in [0.2, 0.25) is 0 Å². The molecule has 0 aliphatic carbocycles. The highest BCUT2D eigenvalue weighted by molar-refractivity contribution is 5.75. The molecule has 2 atom stereocenters. The summed E-state index contributed by atoms with van der Waals surface area (Å²) in [5, 5.41) is 3.53. The van der Waals surface area contributed by atoms with Gasteiger partial charge < -0.3 is 14.6 Å². The van der Waals surface area contributed by atoms with E-state index in [1.165, 1.54) is 24.9 Å². The van der Waals surface area contributed by atoms with E-state index in [0.717, 1.165) is 37.5 Å². The molecule has 0 radical (unpaired) electrons. The van der Waals surface area contributed by atoms with Gasteiger partial charge in [0.1, 0.15) is 5.82 Å². The van der Waals surface area contributed by atoms with E-state index in [0.29, 0.717) is 12.2 Å². The highest BCUT2D eigenvalue weighted by atomic mass is 16.5. The molecular formula is C19H30N4O. The topological polar surface area (TPSA) is 42.3 Å². The Morgan fingerprint density at radius 3 is 2.67 bits per heavy atom. The van der Waals surface area contributed by atoms with Crippen LogP contribution in [0.4, 0.5) is 0 Å². The second-order valence-electron chi connectivity index (χ2n) is 6.98. The van der Waals surface area contributed by atoms with Crippen LogP contribution >= 0.6 is 0 Å². The van der Waals surface area contributed by atoms with Crippen LogP contribution in [0, 0.1) is 0 Å². The summed E-state index contributed by atoms with van der Waals surface area (Å²) >= 11 is 0. The van der Waals surface area contributed by atoms with Crippen LogP contribution < -0.4 is 5.32 Å². The van der Waals surface area contributed by atoms with Crippen molar-refractivity contribution in [3.8, 4) is 0 Å². The van der Waals surface area contributed by atoms with Crippen LogP contribution in [0.3, 0.4) is 0 Å². The molecule has 2 heterocycles. The van der Waals surface area contributed by atoms with Crippen molar-refractivity contribution in [3.05, 3.63) is 30.1 Å². The Morgan fingerprint density at radius 1 is 1.17 bits per heavy atom. The first-order valence-corrected chi connectivity index (χ1v) is 9.12. The molecule has 0 bridgehead atoms. The quantitative estimate of drug-likeness (QED) is 0.792. The summed E-state index contributed by atoms with van der Waals surface area (Å²) in [6, 6.07) is 8.30. The van der Waals surface area contributed by atoms with Gasteiger partial charge in [-0.1, -0.05) is 12.1 Å². The van der Waals surface area contributed by atoms with Crippen molar-refractivity contribution >= 4 is 11.0 Å². The molecule has 1 aromatic carbocycles. The van der Waals surface area contributed by atoms with Crippen LogP contribution in [0.15, 0.2) is 24.3 Å². The van der Waals surface area contributed by atoms with Crippen LogP contribution in [0.1, 0.15) is 32.5 Å². The molecule has 0 amide bonds. The number of imidazole rings is 1. The summed E-state index contributed by atoms with van der Waals surface area (Å²) in [6.45, 7) is 9.51. The number of fused-ring (bicyclic) bond motifs is 1. The minimum atomic E-state index is 0.365. The smallest absolute Gasteiger partial charge is 0.123 e. The van der Waals surface area contributed by atoms with E-state index in [4.69, 9.17) is 9.72 Å². The fourth-order valence-electron chi connectivity index (χ4n) is 3.61. The summed E-state index contributed by atoms with van der Waals surface area (Å²) in [4.78, 5) is 7.23. The third kappa shape index (κ3) is 4.35. The molecule has 24 heavy (non-hydrogen) atoms. The molecule has 132 valence electrons. The number of morpholine rings is 1. The molecule has 1 saturated heterocycles. The maximum Gasteiger partial charge on any atom is 0.123 e. The van der Waals surface area contributed by atoms with E-state index >= 15 is 0 Å². The van der Waals surface area contributed by atoms with Gasteiger partial charge in [-0.25, -0.2) is 4.98 Å². The number of hydrogen-bond donors (Lipinski definition) is 1. The Morgan fingerprint density at radius 2 is 1.92 bits per heavy atom. The van der Waals surface area contributed by atoms with Gasteiger partial charge in [-0.15, -0.1) is 0 Å². The third-order valence-electron chi connectivity index (χ3n) is 4.74. The monoisotopic (exact) mass is 330 g/mol. The molecule has 0 spiro atoms. The maximum atomic E-state index is 5.78. The largest absolute Gasteiger partial charge is 0.373 e. The Balaban J connectivity index is 1.36. The van der Waals surface area contributed by atoms with Crippen molar-refractivity contribution in [2.75, 3.05) is 26.2 Å². The third-order valence-corrected chi connectivity index (χ3v) is 4.74. The molecule has 5 nitrogen and oxygen atoms in total. The summed E-state index contributed by atoms with van der Waals surface area (Å²) in [7, 11) is 2.09. The van der Waals surface area contributed by atoms with Crippen molar-refractivity contribution in [2.24, 2.45) is 7.05 Å². The van der Waals surface area contributed by atoms with Crippen molar-refractivity contribution in [1.82, 2.24) is 19.8 Å². The van der Waals surface area contributed by atoms with E-state index in [1.807, 2.05) is 6.07 Å². The van der Waals surface area contributed by atoms with Gasteiger partial charge in [-0.2, -0.15) is 0 Å². The molecule has 1 aliphatic heterocycles. The first-order valence-electron chi connectivity index (χ1n) is 9.12. The van der Waals surface area contributed by atoms with Gasteiger partial charge in [0, 0.05) is 20.1 Å². The molecule has 1 fully saturated rings. The second kappa shape index (κ2) is 8.10. The zero-order valence-corrected chi connectivity index (χ0v) is 15.2. The van der Waals surface area contributed by atoms with Gasteiger partial charge in [0.2, 0.25) is 0 Å². The van der Waals surface area contributed by atoms with Gasteiger partial charge in [-0.3, -0.25) is 4.90 Å². The number of hydrogen-bond acceptors (Lipinski definition) is 4. The molecule has 1 aliphatic rings. The van der Waals surface area contributed by atoms with E-state index in [9.17, 15) is 0 Å². The Kier molecular flexibility index (Phi) is 5.87.